The number of carbonyl (C=O) groups excluding carboxylic acids is 2. The fourth-order valence-electron chi connectivity index (χ4n) is 1.95. The minimum absolute atomic E-state index is 0.113. The maximum atomic E-state index is 11.9. The van der Waals surface area contributed by atoms with Crippen molar-refractivity contribution in [2.24, 2.45) is 5.92 Å². The maximum absolute atomic E-state index is 11.9. The van der Waals surface area contributed by atoms with Gasteiger partial charge >= 0.3 is 0 Å². The topological polar surface area (TPSA) is 40.6 Å². The molecule has 0 aromatic heterocycles. The number of nitrogens with zero attached hydrogens (tertiary/aromatic N) is 2. The number of hydrogen-bond donors (Lipinski definition) is 0. The van der Waals surface area contributed by atoms with Gasteiger partial charge in [-0.15, -0.1) is 0 Å². The van der Waals surface area contributed by atoms with Gasteiger partial charge in [-0.05, 0) is 12.3 Å². The molecule has 0 atom stereocenters. The van der Waals surface area contributed by atoms with E-state index in [1.54, 1.807) is 16.8 Å². The van der Waals surface area contributed by atoms with Crippen LogP contribution in [-0.4, -0.2) is 48.8 Å². The van der Waals surface area contributed by atoms with E-state index in [0.717, 1.165) is 25.8 Å². The lowest BCUT2D eigenvalue weighted by atomic mass is 10.2. The Bertz CT molecular complexity index is 277. The van der Waals surface area contributed by atoms with Gasteiger partial charge in [-0.1, -0.05) is 33.6 Å². The Kier molecular flexibility index (Phi) is 9.27. The summed E-state index contributed by atoms with van der Waals surface area (Å²) >= 11 is 0. The van der Waals surface area contributed by atoms with Gasteiger partial charge in [0.05, 0.1) is 0 Å². The van der Waals surface area contributed by atoms with Crippen LogP contribution < -0.4 is 0 Å². The zero-order valence-corrected chi connectivity index (χ0v) is 13.2. The Balaban J connectivity index is 3.91. The summed E-state index contributed by atoms with van der Waals surface area (Å²) in [5.41, 5.74) is 0. The van der Waals surface area contributed by atoms with Gasteiger partial charge in [0.25, 0.3) is 0 Å². The predicted octanol–water partition coefficient (Wildman–Crippen LogP) is 2.53. The average molecular weight is 270 g/mol. The van der Waals surface area contributed by atoms with Gasteiger partial charge in [0.2, 0.25) is 11.8 Å². The zero-order chi connectivity index (χ0) is 14.8. The van der Waals surface area contributed by atoms with Gasteiger partial charge in [0.1, 0.15) is 0 Å². The van der Waals surface area contributed by atoms with E-state index >= 15 is 0 Å². The average Bonchev–Trinajstić information content (AvgIpc) is 2.34. The molecule has 112 valence electrons. The molecule has 0 rings (SSSR count). The van der Waals surface area contributed by atoms with E-state index in [-0.39, 0.29) is 11.8 Å². The predicted molar refractivity (Wildman–Crippen MR) is 78.9 cm³/mol. The molecule has 0 fully saturated rings. The number of carbonyl (C=O) groups is 2. The minimum Gasteiger partial charge on any atom is -0.345 e. The monoisotopic (exact) mass is 270 g/mol. The van der Waals surface area contributed by atoms with Crippen molar-refractivity contribution in [2.45, 2.75) is 52.9 Å². The lowest BCUT2D eigenvalue weighted by molar-refractivity contribution is -0.133. The van der Waals surface area contributed by atoms with Crippen molar-refractivity contribution in [1.29, 1.82) is 0 Å². The highest BCUT2D eigenvalue weighted by Gasteiger charge is 2.13. The molecule has 0 unspecified atom stereocenters. The summed E-state index contributed by atoms with van der Waals surface area (Å²) in [5.74, 6) is 0.733. The van der Waals surface area contributed by atoms with Gasteiger partial charge in [-0.3, -0.25) is 9.59 Å². The molecule has 0 bridgehead atoms. The van der Waals surface area contributed by atoms with E-state index in [1.807, 2.05) is 7.05 Å². The summed E-state index contributed by atoms with van der Waals surface area (Å²) in [6.07, 6.45) is 4.17. The van der Waals surface area contributed by atoms with Crippen LogP contribution in [0.5, 0.6) is 0 Å². The van der Waals surface area contributed by atoms with Gasteiger partial charge < -0.3 is 9.80 Å². The first-order valence-corrected chi connectivity index (χ1v) is 7.36. The molecule has 0 saturated heterocycles. The Morgan fingerprint density at radius 3 is 2.05 bits per heavy atom. The number of unbranched alkanes of at least 4 members (excludes halogenated alkanes) is 2. The highest BCUT2D eigenvalue weighted by Crippen LogP contribution is 2.04. The lowest BCUT2D eigenvalue weighted by Gasteiger charge is -2.22. The van der Waals surface area contributed by atoms with E-state index in [2.05, 4.69) is 20.8 Å². The first kappa shape index (κ1) is 17.9. The summed E-state index contributed by atoms with van der Waals surface area (Å²) < 4.78 is 0. The van der Waals surface area contributed by atoms with Crippen LogP contribution in [0.4, 0.5) is 0 Å². The fraction of sp³-hybridized carbons (Fsp3) is 0.867. The molecule has 4 heteroatoms. The second kappa shape index (κ2) is 9.82. The molecule has 0 aliphatic heterocycles. The molecule has 0 radical (unpaired) electrons. The fourth-order valence-corrected chi connectivity index (χ4v) is 1.95. The van der Waals surface area contributed by atoms with Crippen LogP contribution in [-0.2, 0) is 9.59 Å². The molecule has 19 heavy (non-hydrogen) atoms. The van der Waals surface area contributed by atoms with Crippen molar-refractivity contribution in [2.75, 3.05) is 27.2 Å². The molecule has 0 aromatic rings. The van der Waals surface area contributed by atoms with Crippen LogP contribution in [0.15, 0.2) is 0 Å². The van der Waals surface area contributed by atoms with Crippen molar-refractivity contribution in [3.05, 3.63) is 0 Å². The number of hydrogen-bond acceptors (Lipinski definition) is 2. The number of rotatable bonds is 9. The molecule has 4 nitrogen and oxygen atoms in total. The highest BCUT2D eigenvalue weighted by atomic mass is 16.2. The van der Waals surface area contributed by atoms with Crippen LogP contribution in [0.2, 0.25) is 0 Å². The van der Waals surface area contributed by atoms with Crippen LogP contribution in [0, 0.1) is 5.92 Å². The normalized spacial score (nSPS) is 10.6. The third-order valence-corrected chi connectivity index (χ3v) is 3.15. The van der Waals surface area contributed by atoms with E-state index in [1.165, 1.54) is 0 Å². The van der Waals surface area contributed by atoms with Crippen molar-refractivity contribution in [1.82, 2.24) is 9.80 Å². The van der Waals surface area contributed by atoms with E-state index in [9.17, 15) is 9.59 Å². The van der Waals surface area contributed by atoms with Gasteiger partial charge in [-0.25, -0.2) is 0 Å². The Morgan fingerprint density at radius 1 is 0.947 bits per heavy atom. The third kappa shape index (κ3) is 8.62. The van der Waals surface area contributed by atoms with Crippen LogP contribution in [0.1, 0.15) is 52.9 Å². The summed E-state index contributed by atoms with van der Waals surface area (Å²) in [6, 6.07) is 0. The van der Waals surface area contributed by atoms with E-state index in [4.69, 9.17) is 0 Å². The van der Waals surface area contributed by atoms with E-state index < -0.39 is 0 Å². The second-order valence-corrected chi connectivity index (χ2v) is 5.69. The molecule has 0 heterocycles. The molecule has 0 aromatic carbocycles. The van der Waals surface area contributed by atoms with Crippen molar-refractivity contribution in [3.8, 4) is 0 Å². The largest absolute Gasteiger partial charge is 0.345 e. The summed E-state index contributed by atoms with van der Waals surface area (Å²) in [4.78, 5) is 27.1. The standard InChI is InChI=1S/C15H30N2O2/c1-6-7-8-9-14(18)16(4)11-10-15(19)17(5)12-13(2)3/h13H,6-12H2,1-5H3. The van der Waals surface area contributed by atoms with Crippen LogP contribution in [0.25, 0.3) is 0 Å². The molecular weight excluding hydrogens is 240 g/mol. The van der Waals surface area contributed by atoms with Gasteiger partial charge in [0, 0.05) is 40.0 Å². The smallest absolute Gasteiger partial charge is 0.224 e. The van der Waals surface area contributed by atoms with Gasteiger partial charge in [-0.2, -0.15) is 0 Å². The summed E-state index contributed by atoms with van der Waals surface area (Å²) in [7, 11) is 3.61. The summed E-state index contributed by atoms with van der Waals surface area (Å²) in [6.45, 7) is 7.59. The van der Waals surface area contributed by atoms with Crippen molar-refractivity contribution >= 4 is 11.8 Å². The van der Waals surface area contributed by atoms with Crippen molar-refractivity contribution in [3.63, 3.8) is 0 Å². The lowest BCUT2D eigenvalue weighted by Crippen LogP contribution is -2.34. The molecule has 0 N–H and O–H groups in total. The third-order valence-electron chi connectivity index (χ3n) is 3.15. The Morgan fingerprint density at radius 2 is 1.53 bits per heavy atom. The first-order valence-electron chi connectivity index (χ1n) is 7.36. The van der Waals surface area contributed by atoms with Crippen LogP contribution >= 0.6 is 0 Å². The molecule has 0 saturated carbocycles. The molecule has 0 aliphatic rings. The summed E-state index contributed by atoms with van der Waals surface area (Å²) in [5, 5.41) is 0. The molecule has 0 aliphatic carbocycles. The quantitative estimate of drug-likeness (QED) is 0.604. The Hall–Kier alpha value is -1.06. The minimum atomic E-state index is 0.113. The molecule has 2 amide bonds. The van der Waals surface area contributed by atoms with E-state index in [0.29, 0.717) is 25.3 Å². The first-order chi connectivity index (χ1) is 8.88. The van der Waals surface area contributed by atoms with Crippen molar-refractivity contribution < 1.29 is 9.59 Å². The zero-order valence-electron chi connectivity index (χ0n) is 13.2. The van der Waals surface area contributed by atoms with Crippen LogP contribution in [0.3, 0.4) is 0 Å². The highest BCUT2D eigenvalue weighted by molar-refractivity contribution is 5.78. The maximum Gasteiger partial charge on any atom is 0.224 e. The Labute approximate surface area is 118 Å². The molecule has 0 spiro atoms. The SMILES string of the molecule is CCCCCC(=O)N(C)CCC(=O)N(C)CC(C)C. The van der Waals surface area contributed by atoms with Gasteiger partial charge in [0.15, 0.2) is 0 Å². The number of amides is 2. The second-order valence-electron chi connectivity index (χ2n) is 5.69. The molecular formula is C15H30N2O2.